The van der Waals surface area contributed by atoms with Crippen LogP contribution in [0.4, 0.5) is 10.8 Å². The standard InChI is InChI=1S/C19H19N3OS/c1-13(15-9-5-3-6-10-15)20-18(23)17-14(2)24-19(22-17)21-16-11-7-4-8-12-16/h3-13H,1-2H3,(H,20,23)(H,21,22)/t13-/m1/s1. The zero-order chi connectivity index (χ0) is 16.9. The van der Waals surface area contributed by atoms with Crippen LogP contribution in [0.2, 0.25) is 0 Å². The van der Waals surface area contributed by atoms with Crippen molar-refractivity contribution in [3.05, 3.63) is 76.8 Å². The molecule has 0 saturated heterocycles. The predicted molar refractivity (Wildman–Crippen MR) is 98.9 cm³/mol. The van der Waals surface area contributed by atoms with Gasteiger partial charge in [-0.15, -0.1) is 11.3 Å². The zero-order valence-corrected chi connectivity index (χ0v) is 14.4. The number of carbonyl (C=O) groups excluding carboxylic acids is 1. The van der Waals surface area contributed by atoms with Crippen LogP contribution in [0.25, 0.3) is 0 Å². The molecule has 0 spiro atoms. The molecule has 0 fully saturated rings. The average molecular weight is 337 g/mol. The minimum atomic E-state index is -0.152. The van der Waals surface area contributed by atoms with Gasteiger partial charge in [-0.1, -0.05) is 48.5 Å². The molecule has 0 radical (unpaired) electrons. The van der Waals surface area contributed by atoms with Gasteiger partial charge in [0, 0.05) is 10.6 Å². The van der Waals surface area contributed by atoms with Crippen molar-refractivity contribution in [2.24, 2.45) is 0 Å². The van der Waals surface area contributed by atoms with Crippen LogP contribution in [0.1, 0.15) is 33.9 Å². The topological polar surface area (TPSA) is 54.0 Å². The van der Waals surface area contributed by atoms with Gasteiger partial charge in [0.15, 0.2) is 5.13 Å². The molecule has 1 aromatic heterocycles. The molecule has 24 heavy (non-hydrogen) atoms. The molecule has 1 atom stereocenters. The highest BCUT2D eigenvalue weighted by Crippen LogP contribution is 2.25. The van der Waals surface area contributed by atoms with Crippen LogP contribution < -0.4 is 10.6 Å². The van der Waals surface area contributed by atoms with Gasteiger partial charge in [0.2, 0.25) is 0 Å². The molecule has 0 aliphatic carbocycles. The molecule has 0 unspecified atom stereocenters. The number of anilines is 2. The molecule has 3 rings (SSSR count). The Balaban J connectivity index is 1.71. The summed E-state index contributed by atoms with van der Waals surface area (Å²) in [6.07, 6.45) is 0. The van der Waals surface area contributed by atoms with E-state index in [0.717, 1.165) is 21.3 Å². The third-order valence-corrected chi connectivity index (χ3v) is 4.57. The van der Waals surface area contributed by atoms with Crippen LogP contribution in [0.15, 0.2) is 60.7 Å². The van der Waals surface area contributed by atoms with Crippen LogP contribution >= 0.6 is 11.3 Å². The maximum atomic E-state index is 12.5. The molecule has 3 aromatic rings. The number of hydrogen-bond acceptors (Lipinski definition) is 4. The highest BCUT2D eigenvalue weighted by molar-refractivity contribution is 7.15. The van der Waals surface area contributed by atoms with Crippen LogP contribution in [0, 0.1) is 6.92 Å². The molecular formula is C19H19N3OS. The van der Waals surface area contributed by atoms with E-state index >= 15 is 0 Å². The number of benzene rings is 2. The Labute approximate surface area is 145 Å². The Hall–Kier alpha value is -2.66. The van der Waals surface area contributed by atoms with E-state index in [1.54, 1.807) is 0 Å². The van der Waals surface area contributed by atoms with Gasteiger partial charge in [0.25, 0.3) is 5.91 Å². The first-order valence-electron chi connectivity index (χ1n) is 7.79. The van der Waals surface area contributed by atoms with Crippen molar-refractivity contribution < 1.29 is 4.79 Å². The number of rotatable bonds is 5. The molecule has 1 heterocycles. The Morgan fingerprint density at radius 2 is 1.67 bits per heavy atom. The van der Waals surface area contributed by atoms with E-state index in [9.17, 15) is 4.79 Å². The Morgan fingerprint density at radius 1 is 1.04 bits per heavy atom. The van der Waals surface area contributed by atoms with Crippen molar-refractivity contribution >= 4 is 28.1 Å². The number of aromatic nitrogens is 1. The van der Waals surface area contributed by atoms with Crippen molar-refractivity contribution in [2.45, 2.75) is 19.9 Å². The second kappa shape index (κ2) is 7.27. The fraction of sp³-hybridized carbons (Fsp3) is 0.158. The lowest BCUT2D eigenvalue weighted by Crippen LogP contribution is -2.27. The number of aryl methyl sites for hydroxylation is 1. The number of nitrogens with one attached hydrogen (secondary N) is 2. The van der Waals surface area contributed by atoms with E-state index in [0.29, 0.717) is 5.69 Å². The number of thiazole rings is 1. The van der Waals surface area contributed by atoms with Crippen molar-refractivity contribution in [2.75, 3.05) is 5.32 Å². The maximum Gasteiger partial charge on any atom is 0.271 e. The SMILES string of the molecule is Cc1sc(Nc2ccccc2)nc1C(=O)N[C@H](C)c1ccccc1. The molecule has 0 aliphatic rings. The molecule has 5 heteroatoms. The lowest BCUT2D eigenvalue weighted by Gasteiger charge is -2.13. The third kappa shape index (κ3) is 3.81. The first-order chi connectivity index (χ1) is 11.6. The molecule has 0 bridgehead atoms. The average Bonchev–Trinajstić information content (AvgIpc) is 2.97. The fourth-order valence-corrected chi connectivity index (χ4v) is 3.23. The zero-order valence-electron chi connectivity index (χ0n) is 13.6. The Morgan fingerprint density at radius 3 is 2.33 bits per heavy atom. The van der Waals surface area contributed by atoms with Crippen molar-refractivity contribution in [1.29, 1.82) is 0 Å². The summed E-state index contributed by atoms with van der Waals surface area (Å²) in [7, 11) is 0. The van der Waals surface area contributed by atoms with E-state index in [-0.39, 0.29) is 11.9 Å². The van der Waals surface area contributed by atoms with Crippen molar-refractivity contribution in [3.63, 3.8) is 0 Å². The van der Waals surface area contributed by atoms with Gasteiger partial charge < -0.3 is 10.6 Å². The van der Waals surface area contributed by atoms with Crippen LogP contribution in [-0.4, -0.2) is 10.9 Å². The van der Waals surface area contributed by atoms with Gasteiger partial charge in [0.05, 0.1) is 6.04 Å². The van der Waals surface area contributed by atoms with E-state index in [1.165, 1.54) is 11.3 Å². The summed E-state index contributed by atoms with van der Waals surface area (Å²) in [6.45, 7) is 3.88. The van der Waals surface area contributed by atoms with Gasteiger partial charge in [-0.25, -0.2) is 4.98 Å². The molecule has 2 aromatic carbocycles. The van der Waals surface area contributed by atoms with Gasteiger partial charge in [0.1, 0.15) is 5.69 Å². The smallest absolute Gasteiger partial charge is 0.271 e. The van der Waals surface area contributed by atoms with Crippen molar-refractivity contribution in [3.8, 4) is 0 Å². The number of para-hydroxylation sites is 1. The summed E-state index contributed by atoms with van der Waals surface area (Å²) in [5.41, 5.74) is 2.50. The minimum Gasteiger partial charge on any atom is -0.344 e. The molecule has 1 amide bonds. The highest BCUT2D eigenvalue weighted by atomic mass is 32.1. The molecule has 122 valence electrons. The second-order valence-electron chi connectivity index (χ2n) is 5.52. The van der Waals surface area contributed by atoms with Crippen LogP contribution in [-0.2, 0) is 0 Å². The van der Waals surface area contributed by atoms with Gasteiger partial charge in [-0.05, 0) is 31.5 Å². The molecule has 2 N–H and O–H groups in total. The highest BCUT2D eigenvalue weighted by Gasteiger charge is 2.18. The Bertz CT molecular complexity index is 815. The maximum absolute atomic E-state index is 12.5. The first-order valence-corrected chi connectivity index (χ1v) is 8.60. The first kappa shape index (κ1) is 16.2. The predicted octanol–water partition coefficient (Wildman–Crippen LogP) is 4.69. The van der Waals surface area contributed by atoms with Crippen molar-refractivity contribution in [1.82, 2.24) is 10.3 Å². The second-order valence-corrected chi connectivity index (χ2v) is 6.72. The minimum absolute atomic E-state index is 0.0645. The summed E-state index contributed by atoms with van der Waals surface area (Å²) < 4.78 is 0. The van der Waals surface area contributed by atoms with Crippen LogP contribution in [0.5, 0.6) is 0 Å². The summed E-state index contributed by atoms with van der Waals surface area (Å²) in [5, 5.41) is 6.96. The lowest BCUT2D eigenvalue weighted by molar-refractivity contribution is 0.0935. The lowest BCUT2D eigenvalue weighted by atomic mass is 10.1. The van der Waals surface area contributed by atoms with E-state index in [4.69, 9.17) is 0 Å². The number of amides is 1. The van der Waals surface area contributed by atoms with E-state index < -0.39 is 0 Å². The van der Waals surface area contributed by atoms with Crippen LogP contribution in [0.3, 0.4) is 0 Å². The monoisotopic (exact) mass is 337 g/mol. The van der Waals surface area contributed by atoms with E-state index in [2.05, 4.69) is 15.6 Å². The summed E-state index contributed by atoms with van der Waals surface area (Å²) in [6, 6.07) is 19.6. The quantitative estimate of drug-likeness (QED) is 0.710. The Kier molecular flexibility index (Phi) is 4.91. The largest absolute Gasteiger partial charge is 0.344 e. The number of nitrogens with zero attached hydrogens (tertiary/aromatic N) is 1. The molecular weight excluding hydrogens is 318 g/mol. The summed E-state index contributed by atoms with van der Waals surface area (Å²) in [5.74, 6) is -0.152. The molecule has 0 aliphatic heterocycles. The summed E-state index contributed by atoms with van der Waals surface area (Å²) >= 11 is 1.48. The molecule has 0 saturated carbocycles. The van der Waals surface area contributed by atoms with E-state index in [1.807, 2.05) is 74.5 Å². The normalized spacial score (nSPS) is 11.8. The molecule has 4 nitrogen and oxygen atoms in total. The number of carbonyl (C=O) groups is 1. The van der Waals surface area contributed by atoms with Gasteiger partial charge >= 0.3 is 0 Å². The fourth-order valence-electron chi connectivity index (χ4n) is 2.40. The van der Waals surface area contributed by atoms with Gasteiger partial charge in [-0.2, -0.15) is 0 Å². The number of hydrogen-bond donors (Lipinski definition) is 2. The van der Waals surface area contributed by atoms with Gasteiger partial charge in [-0.3, -0.25) is 4.79 Å². The summed E-state index contributed by atoms with van der Waals surface area (Å²) in [4.78, 5) is 17.9. The third-order valence-electron chi connectivity index (χ3n) is 3.68.